The van der Waals surface area contributed by atoms with Crippen molar-refractivity contribution in [1.29, 1.82) is 0 Å². The zero-order valence-corrected chi connectivity index (χ0v) is 10.7. The molecule has 3 rings (SSSR count). The van der Waals surface area contributed by atoms with Crippen molar-refractivity contribution in [3.05, 3.63) is 35.6 Å². The third-order valence-electron chi connectivity index (χ3n) is 3.70. The second-order valence-corrected chi connectivity index (χ2v) is 5.03. The van der Waals surface area contributed by atoms with E-state index in [-0.39, 0.29) is 36.6 Å². The van der Waals surface area contributed by atoms with E-state index in [4.69, 9.17) is 0 Å². The molecule has 0 atom stereocenters. The Balaban J connectivity index is 1.63. The highest BCUT2D eigenvalue weighted by Gasteiger charge is 2.42. The predicted octanol–water partition coefficient (Wildman–Crippen LogP) is 0.799. The van der Waals surface area contributed by atoms with Crippen molar-refractivity contribution in [3.63, 3.8) is 0 Å². The molecule has 2 heterocycles. The Kier molecular flexibility index (Phi) is 3.00. The fourth-order valence-electron chi connectivity index (χ4n) is 2.56. The SMILES string of the molecule is O=C(c1ccc(F)cc1)N1CC(N2C(=O)CCC2=O)C1. The zero-order valence-electron chi connectivity index (χ0n) is 10.7. The van der Waals surface area contributed by atoms with Crippen molar-refractivity contribution in [3.8, 4) is 0 Å². The van der Waals surface area contributed by atoms with Crippen LogP contribution in [-0.2, 0) is 9.59 Å². The van der Waals surface area contributed by atoms with Gasteiger partial charge < -0.3 is 4.90 Å². The number of nitrogens with zero attached hydrogens (tertiary/aromatic N) is 2. The lowest BCUT2D eigenvalue weighted by Gasteiger charge is -2.43. The molecule has 2 fully saturated rings. The molecule has 2 aliphatic rings. The summed E-state index contributed by atoms with van der Waals surface area (Å²) in [5.74, 6) is -0.917. The molecule has 2 saturated heterocycles. The smallest absolute Gasteiger partial charge is 0.254 e. The third kappa shape index (κ3) is 2.07. The molecule has 104 valence electrons. The fraction of sp³-hybridized carbons (Fsp3) is 0.357. The van der Waals surface area contributed by atoms with Crippen LogP contribution in [-0.4, -0.2) is 46.7 Å². The van der Waals surface area contributed by atoms with Gasteiger partial charge >= 0.3 is 0 Å². The maximum Gasteiger partial charge on any atom is 0.254 e. The van der Waals surface area contributed by atoms with Crippen LogP contribution in [0.25, 0.3) is 0 Å². The number of hydrogen-bond acceptors (Lipinski definition) is 3. The highest BCUT2D eigenvalue weighted by atomic mass is 19.1. The quantitative estimate of drug-likeness (QED) is 0.751. The summed E-state index contributed by atoms with van der Waals surface area (Å²) in [4.78, 5) is 38.0. The molecule has 0 spiro atoms. The summed E-state index contributed by atoms with van der Waals surface area (Å²) in [7, 11) is 0. The van der Waals surface area contributed by atoms with Crippen molar-refractivity contribution < 1.29 is 18.8 Å². The van der Waals surface area contributed by atoms with Crippen molar-refractivity contribution in [1.82, 2.24) is 9.80 Å². The average Bonchev–Trinajstić information content (AvgIpc) is 2.70. The minimum atomic E-state index is -0.392. The molecule has 2 aliphatic heterocycles. The highest BCUT2D eigenvalue weighted by Crippen LogP contribution is 2.23. The van der Waals surface area contributed by atoms with Gasteiger partial charge in [0.05, 0.1) is 6.04 Å². The molecule has 0 unspecified atom stereocenters. The summed E-state index contributed by atoms with van der Waals surface area (Å²) in [6.07, 6.45) is 0.530. The predicted molar refractivity (Wildman–Crippen MR) is 67.2 cm³/mol. The Morgan fingerprint density at radius 1 is 1.05 bits per heavy atom. The summed E-state index contributed by atoms with van der Waals surface area (Å²) >= 11 is 0. The van der Waals surface area contributed by atoms with Crippen molar-refractivity contribution in [2.75, 3.05) is 13.1 Å². The number of halogens is 1. The van der Waals surface area contributed by atoms with Gasteiger partial charge in [-0.05, 0) is 24.3 Å². The van der Waals surface area contributed by atoms with Crippen molar-refractivity contribution >= 4 is 17.7 Å². The van der Waals surface area contributed by atoms with Gasteiger partial charge in [-0.1, -0.05) is 0 Å². The maximum atomic E-state index is 12.8. The lowest BCUT2D eigenvalue weighted by Crippen LogP contribution is -2.62. The number of imide groups is 1. The molecule has 3 amide bonds. The van der Waals surface area contributed by atoms with E-state index >= 15 is 0 Å². The van der Waals surface area contributed by atoms with E-state index in [2.05, 4.69) is 0 Å². The highest BCUT2D eigenvalue weighted by molar-refractivity contribution is 6.03. The van der Waals surface area contributed by atoms with Gasteiger partial charge in [-0.15, -0.1) is 0 Å². The van der Waals surface area contributed by atoms with Crippen LogP contribution in [0.4, 0.5) is 4.39 Å². The number of carbonyl (C=O) groups is 3. The monoisotopic (exact) mass is 276 g/mol. The lowest BCUT2D eigenvalue weighted by atomic mass is 10.1. The number of rotatable bonds is 2. The number of hydrogen-bond donors (Lipinski definition) is 0. The van der Waals surface area contributed by atoms with Crippen LogP contribution in [0.3, 0.4) is 0 Å². The van der Waals surface area contributed by atoms with E-state index < -0.39 is 5.82 Å². The molecule has 0 radical (unpaired) electrons. The van der Waals surface area contributed by atoms with E-state index in [1.807, 2.05) is 0 Å². The normalized spacial score (nSPS) is 19.4. The summed E-state index contributed by atoms with van der Waals surface area (Å²) in [6, 6.07) is 5.12. The summed E-state index contributed by atoms with van der Waals surface area (Å²) in [5.41, 5.74) is 0.406. The van der Waals surface area contributed by atoms with Crippen LogP contribution in [0.5, 0.6) is 0 Å². The zero-order chi connectivity index (χ0) is 14.3. The summed E-state index contributed by atoms with van der Waals surface area (Å²) in [5, 5.41) is 0. The second-order valence-electron chi connectivity index (χ2n) is 5.03. The van der Waals surface area contributed by atoms with Crippen LogP contribution in [0.2, 0.25) is 0 Å². The molecule has 5 nitrogen and oxygen atoms in total. The second kappa shape index (κ2) is 4.70. The molecule has 1 aromatic carbocycles. The van der Waals surface area contributed by atoms with E-state index in [1.165, 1.54) is 29.2 Å². The molecule has 0 aromatic heterocycles. The molecule has 6 heteroatoms. The molecule has 0 aliphatic carbocycles. The summed E-state index contributed by atoms with van der Waals surface area (Å²) in [6.45, 7) is 0.710. The van der Waals surface area contributed by atoms with Gasteiger partial charge in [0.1, 0.15) is 5.82 Å². The Morgan fingerprint density at radius 3 is 2.15 bits per heavy atom. The largest absolute Gasteiger partial charge is 0.334 e. The van der Waals surface area contributed by atoms with Crippen molar-refractivity contribution in [2.24, 2.45) is 0 Å². The molecular weight excluding hydrogens is 263 g/mol. The standard InChI is InChI=1S/C14H13FN2O3/c15-10-3-1-9(2-4-10)14(20)16-7-11(8-16)17-12(18)5-6-13(17)19/h1-4,11H,5-8H2. The van der Waals surface area contributed by atoms with Crippen LogP contribution in [0.1, 0.15) is 23.2 Å². The molecule has 0 bridgehead atoms. The van der Waals surface area contributed by atoms with Gasteiger partial charge in [-0.3, -0.25) is 19.3 Å². The van der Waals surface area contributed by atoms with Crippen LogP contribution in [0, 0.1) is 5.82 Å². The lowest BCUT2D eigenvalue weighted by molar-refractivity contribution is -0.144. The average molecular weight is 276 g/mol. The van der Waals surface area contributed by atoms with E-state index in [0.717, 1.165) is 0 Å². The van der Waals surface area contributed by atoms with Crippen LogP contribution >= 0.6 is 0 Å². The minimum absolute atomic E-state index is 0.158. The van der Waals surface area contributed by atoms with Gasteiger partial charge in [-0.2, -0.15) is 0 Å². The molecule has 0 N–H and O–H groups in total. The number of amides is 3. The van der Waals surface area contributed by atoms with E-state index in [1.54, 1.807) is 4.90 Å². The molecular formula is C14H13FN2O3. The van der Waals surface area contributed by atoms with Gasteiger partial charge in [0.2, 0.25) is 11.8 Å². The number of likely N-dealkylation sites (tertiary alicyclic amines) is 2. The Bertz CT molecular complexity index is 563. The maximum absolute atomic E-state index is 12.8. The van der Waals surface area contributed by atoms with E-state index in [9.17, 15) is 18.8 Å². The van der Waals surface area contributed by atoms with Crippen LogP contribution < -0.4 is 0 Å². The van der Waals surface area contributed by atoms with Crippen molar-refractivity contribution in [2.45, 2.75) is 18.9 Å². The Morgan fingerprint density at radius 2 is 1.60 bits per heavy atom. The van der Waals surface area contributed by atoms with Gasteiger partial charge in [0.15, 0.2) is 0 Å². The molecule has 20 heavy (non-hydrogen) atoms. The first-order valence-corrected chi connectivity index (χ1v) is 6.46. The minimum Gasteiger partial charge on any atom is -0.334 e. The first-order chi connectivity index (χ1) is 9.56. The Labute approximate surface area is 115 Å². The Hall–Kier alpha value is -2.24. The fourth-order valence-corrected chi connectivity index (χ4v) is 2.56. The van der Waals surface area contributed by atoms with Gasteiger partial charge in [-0.25, -0.2) is 4.39 Å². The third-order valence-corrected chi connectivity index (χ3v) is 3.70. The first-order valence-electron chi connectivity index (χ1n) is 6.46. The van der Waals surface area contributed by atoms with Gasteiger partial charge in [0, 0.05) is 31.5 Å². The number of carbonyl (C=O) groups excluding carboxylic acids is 3. The van der Waals surface area contributed by atoms with Gasteiger partial charge in [0.25, 0.3) is 5.91 Å². The number of benzene rings is 1. The van der Waals surface area contributed by atoms with Crippen LogP contribution in [0.15, 0.2) is 24.3 Å². The topological polar surface area (TPSA) is 57.7 Å². The summed E-state index contributed by atoms with van der Waals surface area (Å²) < 4.78 is 12.8. The first kappa shape index (κ1) is 12.8. The molecule has 0 saturated carbocycles. The molecule has 1 aromatic rings. The van der Waals surface area contributed by atoms with E-state index in [0.29, 0.717) is 18.7 Å².